The first-order valence-electron chi connectivity index (χ1n) is 3.32. The van der Waals surface area contributed by atoms with Gasteiger partial charge in [-0.05, 0) is 0 Å². The van der Waals surface area contributed by atoms with Gasteiger partial charge in [-0.1, -0.05) is 0 Å². The average molecular weight is 155 g/mol. The summed E-state index contributed by atoms with van der Waals surface area (Å²) in [4.78, 5) is 10.3. The van der Waals surface area contributed by atoms with Gasteiger partial charge in [-0.15, -0.1) is 0 Å². The molecule has 0 saturated heterocycles. The number of hydrogen-bond donors (Lipinski definition) is 1. The van der Waals surface area contributed by atoms with Gasteiger partial charge in [0, 0.05) is 0 Å². The lowest BCUT2D eigenvalue weighted by Gasteiger charge is -1.88. The second kappa shape index (κ2) is 2.74. The molecule has 4 nitrogen and oxygen atoms in total. The van der Waals surface area contributed by atoms with E-state index in [9.17, 15) is 4.79 Å². The highest BCUT2D eigenvalue weighted by Crippen LogP contribution is 1.94. The monoisotopic (exact) mass is 155 g/mol. The first-order chi connectivity index (χ1) is 5.09. The Kier molecular flexibility index (Phi) is 1.94. The second-order valence-electron chi connectivity index (χ2n) is 2.58. The first-order valence-corrected chi connectivity index (χ1v) is 3.32. The maximum atomic E-state index is 10.3. The van der Waals surface area contributed by atoms with Crippen LogP contribution >= 0.6 is 0 Å². The minimum atomic E-state index is -0.799. The van der Waals surface area contributed by atoms with Crippen molar-refractivity contribution in [3.05, 3.63) is 18.2 Å². The Bertz CT molecular complexity index is 278. The number of carboxylic acids is 1. The molecule has 0 aliphatic rings. The molecule has 1 aromatic rings. The number of hydrogen-bond acceptors (Lipinski definition) is 1. The van der Waals surface area contributed by atoms with Crippen LogP contribution in [0.15, 0.2) is 12.5 Å². The SMILES string of the molecule is Cn1c[n+](C)cc1CC(=O)O. The number of nitrogens with zero attached hydrogens (tertiary/aromatic N) is 2. The van der Waals surface area contributed by atoms with E-state index >= 15 is 0 Å². The van der Waals surface area contributed by atoms with Gasteiger partial charge in [0.25, 0.3) is 0 Å². The summed E-state index contributed by atoms with van der Waals surface area (Å²) in [5.41, 5.74) is 0.806. The van der Waals surface area contributed by atoms with Crippen molar-refractivity contribution >= 4 is 5.97 Å². The molecule has 0 spiro atoms. The molecule has 1 heterocycles. The molecule has 60 valence electrons. The van der Waals surface area contributed by atoms with Gasteiger partial charge in [-0.2, -0.15) is 0 Å². The normalized spacial score (nSPS) is 10.0. The van der Waals surface area contributed by atoms with Crippen molar-refractivity contribution in [1.82, 2.24) is 4.57 Å². The Morgan fingerprint density at radius 2 is 2.45 bits per heavy atom. The Morgan fingerprint density at radius 3 is 2.82 bits per heavy atom. The van der Waals surface area contributed by atoms with Crippen molar-refractivity contribution in [3.8, 4) is 0 Å². The van der Waals surface area contributed by atoms with Crippen LogP contribution in [0.2, 0.25) is 0 Å². The topological polar surface area (TPSA) is 46.1 Å². The molecular weight excluding hydrogens is 144 g/mol. The minimum absolute atomic E-state index is 0.0807. The molecule has 0 aromatic carbocycles. The van der Waals surface area contributed by atoms with Crippen LogP contribution in [-0.2, 0) is 25.3 Å². The van der Waals surface area contributed by atoms with E-state index in [1.54, 1.807) is 10.8 Å². The third kappa shape index (κ3) is 1.80. The van der Waals surface area contributed by atoms with E-state index in [2.05, 4.69) is 0 Å². The molecule has 0 atom stereocenters. The van der Waals surface area contributed by atoms with Crippen molar-refractivity contribution in [1.29, 1.82) is 0 Å². The summed E-state index contributed by atoms with van der Waals surface area (Å²) in [6.07, 6.45) is 3.71. The molecule has 4 heteroatoms. The van der Waals surface area contributed by atoms with Crippen molar-refractivity contribution in [2.75, 3.05) is 0 Å². The zero-order chi connectivity index (χ0) is 8.43. The Balaban J connectivity index is 2.85. The van der Waals surface area contributed by atoms with Gasteiger partial charge in [-0.25, -0.2) is 9.13 Å². The lowest BCUT2D eigenvalue weighted by Crippen LogP contribution is -2.23. The van der Waals surface area contributed by atoms with E-state index in [0.29, 0.717) is 0 Å². The highest BCUT2D eigenvalue weighted by atomic mass is 16.4. The summed E-state index contributed by atoms with van der Waals surface area (Å²) in [6, 6.07) is 0. The van der Waals surface area contributed by atoms with E-state index < -0.39 is 5.97 Å². The third-order valence-corrected chi connectivity index (χ3v) is 1.49. The van der Waals surface area contributed by atoms with Gasteiger partial charge >= 0.3 is 5.97 Å². The molecule has 1 N–H and O–H groups in total. The smallest absolute Gasteiger partial charge is 0.311 e. The van der Waals surface area contributed by atoms with Gasteiger partial charge in [0.05, 0.1) is 14.1 Å². The van der Waals surface area contributed by atoms with Gasteiger partial charge in [0.1, 0.15) is 12.6 Å². The lowest BCUT2D eigenvalue weighted by molar-refractivity contribution is -0.671. The van der Waals surface area contributed by atoms with Crippen LogP contribution in [0, 0.1) is 0 Å². The number of aryl methyl sites for hydroxylation is 2. The van der Waals surface area contributed by atoms with Crippen LogP contribution in [0.3, 0.4) is 0 Å². The van der Waals surface area contributed by atoms with Crippen LogP contribution < -0.4 is 4.57 Å². The molecule has 1 aromatic heterocycles. The third-order valence-electron chi connectivity index (χ3n) is 1.49. The van der Waals surface area contributed by atoms with Crippen molar-refractivity contribution in [3.63, 3.8) is 0 Å². The van der Waals surface area contributed by atoms with Gasteiger partial charge < -0.3 is 5.11 Å². The Labute approximate surface area is 64.7 Å². The quantitative estimate of drug-likeness (QED) is 0.584. The molecule has 1 rings (SSSR count). The standard InChI is InChI=1S/C7H10N2O2/c1-8-4-6(3-7(10)11)9(2)5-8/h4-5H,3H2,1-2H3/p+1. The summed E-state index contributed by atoms with van der Waals surface area (Å²) in [7, 11) is 3.70. The fourth-order valence-electron chi connectivity index (χ4n) is 1.03. The number of aromatic nitrogens is 2. The maximum Gasteiger partial charge on any atom is 0.311 e. The Morgan fingerprint density at radius 1 is 1.82 bits per heavy atom. The molecule has 11 heavy (non-hydrogen) atoms. The number of aliphatic carboxylic acids is 1. The summed E-state index contributed by atoms with van der Waals surface area (Å²) in [5.74, 6) is -0.799. The number of imidazole rings is 1. The number of rotatable bonds is 2. The largest absolute Gasteiger partial charge is 0.481 e. The molecular formula is C7H11N2O2+. The fraction of sp³-hybridized carbons (Fsp3) is 0.429. The van der Waals surface area contributed by atoms with Crippen molar-refractivity contribution < 1.29 is 14.5 Å². The van der Waals surface area contributed by atoms with E-state index in [4.69, 9.17) is 5.11 Å². The second-order valence-corrected chi connectivity index (χ2v) is 2.58. The molecule has 0 saturated carbocycles. The predicted molar refractivity (Wildman–Crippen MR) is 37.9 cm³/mol. The summed E-state index contributed by atoms with van der Waals surface area (Å²) in [5, 5.41) is 8.48. The molecule has 0 fully saturated rings. The van der Waals surface area contributed by atoms with Crippen molar-refractivity contribution in [2.24, 2.45) is 14.1 Å². The molecule has 0 unspecified atom stereocenters. The van der Waals surface area contributed by atoms with Crippen LogP contribution in [0.1, 0.15) is 5.69 Å². The van der Waals surface area contributed by atoms with E-state index in [-0.39, 0.29) is 6.42 Å². The number of carbonyl (C=O) groups is 1. The predicted octanol–water partition coefficient (Wildman–Crippen LogP) is -0.523. The molecule has 0 radical (unpaired) electrons. The minimum Gasteiger partial charge on any atom is -0.481 e. The summed E-state index contributed by atoms with van der Waals surface area (Å²) in [6.45, 7) is 0. The first kappa shape index (κ1) is 7.78. The molecule has 0 bridgehead atoms. The fourth-order valence-corrected chi connectivity index (χ4v) is 1.03. The lowest BCUT2D eigenvalue weighted by atomic mass is 10.3. The van der Waals surface area contributed by atoms with Gasteiger partial charge in [0.2, 0.25) is 6.33 Å². The summed E-state index contributed by atoms with van der Waals surface area (Å²) >= 11 is 0. The molecule has 0 amide bonds. The zero-order valence-electron chi connectivity index (χ0n) is 6.61. The average Bonchev–Trinajstić information content (AvgIpc) is 2.09. The highest BCUT2D eigenvalue weighted by Gasteiger charge is 2.10. The Hall–Kier alpha value is -1.32. The highest BCUT2D eigenvalue weighted by molar-refractivity contribution is 5.69. The van der Waals surface area contributed by atoms with Gasteiger partial charge in [-0.3, -0.25) is 4.79 Å². The number of carboxylic acid groups (broad SMARTS) is 1. The van der Waals surface area contributed by atoms with E-state index in [1.165, 1.54) is 0 Å². The molecule has 0 aliphatic carbocycles. The summed E-state index contributed by atoms with van der Waals surface area (Å²) < 4.78 is 3.63. The van der Waals surface area contributed by atoms with Crippen LogP contribution in [-0.4, -0.2) is 15.6 Å². The van der Waals surface area contributed by atoms with Gasteiger partial charge in [0.15, 0.2) is 5.69 Å². The van der Waals surface area contributed by atoms with E-state index in [0.717, 1.165) is 5.69 Å². The van der Waals surface area contributed by atoms with Crippen LogP contribution in [0.4, 0.5) is 0 Å². The zero-order valence-corrected chi connectivity index (χ0v) is 6.61. The maximum absolute atomic E-state index is 10.3. The van der Waals surface area contributed by atoms with Crippen LogP contribution in [0.25, 0.3) is 0 Å². The van der Waals surface area contributed by atoms with Crippen molar-refractivity contribution in [2.45, 2.75) is 6.42 Å². The van der Waals surface area contributed by atoms with E-state index in [1.807, 2.05) is 25.0 Å². The van der Waals surface area contributed by atoms with Crippen LogP contribution in [0.5, 0.6) is 0 Å². The molecule has 0 aliphatic heterocycles.